The number of hydrogen-bond donors (Lipinski definition) is 5. The lowest BCUT2D eigenvalue weighted by molar-refractivity contribution is -0.158. The number of halogens is 3. The third-order valence-electron chi connectivity index (χ3n) is 5.95. The molecular formula is C21H26F3N7O5. The third-order valence-corrected chi connectivity index (χ3v) is 5.95. The Labute approximate surface area is 203 Å². The van der Waals surface area contributed by atoms with Gasteiger partial charge in [-0.15, -0.1) is 10.2 Å². The summed E-state index contributed by atoms with van der Waals surface area (Å²) in [7, 11) is 0. The summed E-state index contributed by atoms with van der Waals surface area (Å²) in [4.78, 5) is 29.2. The topological polar surface area (TPSA) is 152 Å². The molecule has 4 heterocycles. The first kappa shape index (κ1) is 25.5. The molecule has 0 spiro atoms. The normalized spacial score (nSPS) is 22.5. The summed E-state index contributed by atoms with van der Waals surface area (Å²) >= 11 is 0. The zero-order chi connectivity index (χ0) is 26.0. The van der Waals surface area contributed by atoms with Gasteiger partial charge in [0.05, 0.1) is 18.3 Å². The van der Waals surface area contributed by atoms with Crippen LogP contribution in [0.15, 0.2) is 35.8 Å². The van der Waals surface area contributed by atoms with Gasteiger partial charge in [0.2, 0.25) is 11.8 Å². The number of carbonyl (C=O) groups is 2. The fraction of sp³-hybridized carbons (Fsp3) is 0.524. The Morgan fingerprint density at radius 2 is 2.11 bits per heavy atom. The Morgan fingerprint density at radius 1 is 1.33 bits per heavy atom. The second-order valence-electron chi connectivity index (χ2n) is 8.58. The van der Waals surface area contributed by atoms with E-state index in [1.807, 2.05) is 10.2 Å². The van der Waals surface area contributed by atoms with Crippen LogP contribution in [-0.4, -0.2) is 98.9 Å². The zero-order valence-electron chi connectivity index (χ0n) is 19.2. The molecule has 4 rings (SSSR count). The predicted molar refractivity (Wildman–Crippen MR) is 118 cm³/mol. The van der Waals surface area contributed by atoms with Crippen LogP contribution in [0.4, 0.5) is 23.8 Å². The molecule has 5 N–H and O–H groups in total. The molecule has 1 saturated heterocycles. The molecule has 12 nitrogen and oxygen atoms in total. The smallest absolute Gasteiger partial charge is 0.408 e. The van der Waals surface area contributed by atoms with Gasteiger partial charge in [0.25, 0.3) is 0 Å². The molecule has 1 unspecified atom stereocenters. The van der Waals surface area contributed by atoms with Gasteiger partial charge in [-0.05, 0) is 25.5 Å². The van der Waals surface area contributed by atoms with E-state index in [-0.39, 0.29) is 24.3 Å². The number of aromatic nitrogens is 2. The van der Waals surface area contributed by atoms with E-state index in [2.05, 4.69) is 20.8 Å². The minimum Gasteiger partial charge on any atom is -0.474 e. The Bertz CT molecular complexity index is 1050. The number of dihydropyridines is 1. The average molecular weight is 513 g/mol. The highest BCUT2D eigenvalue weighted by Crippen LogP contribution is 2.33. The minimum absolute atomic E-state index is 0.0796. The Kier molecular flexibility index (Phi) is 7.21. The summed E-state index contributed by atoms with van der Waals surface area (Å²) in [6.07, 6.45) is -1.91. The van der Waals surface area contributed by atoms with Crippen LogP contribution >= 0.6 is 0 Å². The fourth-order valence-corrected chi connectivity index (χ4v) is 4.01. The van der Waals surface area contributed by atoms with Gasteiger partial charge in [-0.2, -0.15) is 13.2 Å². The highest BCUT2D eigenvalue weighted by atomic mass is 19.4. The van der Waals surface area contributed by atoms with Crippen LogP contribution in [0.1, 0.15) is 13.3 Å². The van der Waals surface area contributed by atoms with Gasteiger partial charge in [-0.25, -0.2) is 4.79 Å². The number of hydrogen-bond acceptors (Lipinski definition) is 9. The van der Waals surface area contributed by atoms with Crippen molar-refractivity contribution in [3.63, 3.8) is 0 Å². The van der Waals surface area contributed by atoms with Crippen LogP contribution in [-0.2, 0) is 4.79 Å². The molecule has 36 heavy (non-hydrogen) atoms. The number of ether oxygens (including phenoxy) is 1. The fourth-order valence-electron chi connectivity index (χ4n) is 4.01. The van der Waals surface area contributed by atoms with Gasteiger partial charge in [-0.1, -0.05) is 6.08 Å². The maximum Gasteiger partial charge on any atom is 0.408 e. The third kappa shape index (κ3) is 5.46. The molecule has 1 fully saturated rings. The molecule has 0 saturated carbocycles. The summed E-state index contributed by atoms with van der Waals surface area (Å²) in [5.74, 6) is -0.369. The maximum atomic E-state index is 13.2. The average Bonchev–Trinajstić information content (AvgIpc) is 3.26. The monoisotopic (exact) mass is 513 g/mol. The molecule has 0 radical (unpaired) electrons. The van der Waals surface area contributed by atoms with Gasteiger partial charge in [0.1, 0.15) is 30.6 Å². The standard InChI is InChI=1S/C21H26F3N7O5/c1-11(21(22,23)24)25-19(34)14-2-3-15-18(26-14)31(12-6-7-30(15)8-12)20(35)27-16-4-5-17(29-28-16)36-10-13(33)9-32/h2-5,11-14,26,32-33H,6-10H2,1H3,(H,25,34)(H,27,28,35)/t11-,12+,13-,14?/m1/s1. The van der Waals surface area contributed by atoms with E-state index in [4.69, 9.17) is 9.84 Å². The number of rotatable bonds is 7. The lowest BCUT2D eigenvalue weighted by atomic mass is 10.1. The van der Waals surface area contributed by atoms with Gasteiger partial charge in [0.15, 0.2) is 5.82 Å². The van der Waals surface area contributed by atoms with Crippen molar-refractivity contribution in [1.82, 2.24) is 30.6 Å². The molecule has 4 atom stereocenters. The van der Waals surface area contributed by atoms with Crippen molar-refractivity contribution < 1.29 is 37.7 Å². The van der Waals surface area contributed by atoms with Crippen molar-refractivity contribution >= 4 is 17.8 Å². The van der Waals surface area contributed by atoms with E-state index in [0.717, 1.165) is 6.92 Å². The Hall–Kier alpha value is -3.59. The molecule has 15 heteroatoms. The van der Waals surface area contributed by atoms with Gasteiger partial charge < -0.3 is 30.5 Å². The van der Waals surface area contributed by atoms with Crippen LogP contribution in [0.3, 0.4) is 0 Å². The van der Waals surface area contributed by atoms with Crippen molar-refractivity contribution in [3.8, 4) is 5.88 Å². The second kappa shape index (κ2) is 10.2. The summed E-state index contributed by atoms with van der Waals surface area (Å²) < 4.78 is 43.8. The second-order valence-corrected chi connectivity index (χ2v) is 8.58. The predicted octanol–water partition coefficient (Wildman–Crippen LogP) is -0.106. The van der Waals surface area contributed by atoms with Gasteiger partial charge >= 0.3 is 12.2 Å². The van der Waals surface area contributed by atoms with Crippen molar-refractivity contribution in [3.05, 3.63) is 35.8 Å². The number of anilines is 1. The number of alkyl halides is 3. The van der Waals surface area contributed by atoms with Crippen LogP contribution in [0.2, 0.25) is 0 Å². The van der Waals surface area contributed by atoms with Crippen molar-refractivity contribution in [1.29, 1.82) is 0 Å². The number of aliphatic hydroxyl groups is 2. The van der Waals surface area contributed by atoms with Crippen LogP contribution in [0.25, 0.3) is 0 Å². The Balaban J connectivity index is 1.45. The van der Waals surface area contributed by atoms with E-state index < -0.39 is 42.9 Å². The highest BCUT2D eigenvalue weighted by Gasteiger charge is 2.43. The molecule has 196 valence electrons. The molecule has 1 aromatic rings. The van der Waals surface area contributed by atoms with Crippen LogP contribution < -0.4 is 20.7 Å². The molecule has 3 amide bonds. The number of urea groups is 1. The number of amides is 3. The molecule has 3 aliphatic rings. The number of fused-ring (bicyclic) bond motifs is 3. The summed E-state index contributed by atoms with van der Waals surface area (Å²) in [6.45, 7) is 1.43. The van der Waals surface area contributed by atoms with E-state index in [1.54, 1.807) is 6.08 Å². The molecular weight excluding hydrogens is 487 g/mol. The molecule has 1 aromatic heterocycles. The first-order chi connectivity index (χ1) is 17.1. The van der Waals surface area contributed by atoms with E-state index in [0.29, 0.717) is 31.0 Å². The quantitative estimate of drug-likeness (QED) is 0.336. The van der Waals surface area contributed by atoms with E-state index in [9.17, 15) is 27.9 Å². The first-order valence-corrected chi connectivity index (χ1v) is 11.2. The number of allylic oxidation sites excluding steroid dienone is 1. The Morgan fingerprint density at radius 3 is 2.78 bits per heavy atom. The number of nitrogens with one attached hydrogen (secondary N) is 3. The minimum atomic E-state index is -4.58. The number of carbonyl (C=O) groups excluding carboxylic acids is 2. The largest absolute Gasteiger partial charge is 0.474 e. The van der Waals surface area contributed by atoms with Crippen LogP contribution in [0, 0.1) is 0 Å². The molecule has 2 bridgehead atoms. The molecule has 0 aliphatic carbocycles. The molecule has 3 aliphatic heterocycles. The van der Waals surface area contributed by atoms with Crippen LogP contribution in [0.5, 0.6) is 5.88 Å². The summed E-state index contributed by atoms with van der Waals surface area (Å²) in [5.41, 5.74) is 0.657. The zero-order valence-corrected chi connectivity index (χ0v) is 19.2. The number of aliphatic hydroxyl groups excluding tert-OH is 2. The first-order valence-electron chi connectivity index (χ1n) is 11.2. The van der Waals surface area contributed by atoms with Crippen molar-refractivity contribution in [2.45, 2.75) is 43.8 Å². The van der Waals surface area contributed by atoms with E-state index in [1.165, 1.54) is 23.1 Å². The van der Waals surface area contributed by atoms with Gasteiger partial charge in [0, 0.05) is 19.2 Å². The van der Waals surface area contributed by atoms with Crippen molar-refractivity contribution in [2.75, 3.05) is 31.6 Å². The highest BCUT2D eigenvalue weighted by molar-refractivity contribution is 5.91. The summed E-state index contributed by atoms with van der Waals surface area (Å²) in [6, 6.07) is -1.05. The van der Waals surface area contributed by atoms with Gasteiger partial charge in [-0.3, -0.25) is 15.0 Å². The molecule has 0 aromatic carbocycles. The number of nitrogens with zero attached hydrogens (tertiary/aromatic N) is 4. The van der Waals surface area contributed by atoms with E-state index >= 15 is 0 Å². The SMILES string of the molecule is C[C@@H](NC(=O)C1C=CC2=C(N1)N(C(=O)Nc1ccc(OC[C@H](O)CO)nn1)[C@H]1CCN2C1)C(F)(F)F. The maximum absolute atomic E-state index is 13.2. The summed E-state index contributed by atoms with van der Waals surface area (Å²) in [5, 5.41) is 33.3. The lowest BCUT2D eigenvalue weighted by Gasteiger charge is -2.40. The van der Waals surface area contributed by atoms with Crippen molar-refractivity contribution in [2.24, 2.45) is 0 Å². The lowest BCUT2D eigenvalue weighted by Crippen LogP contribution is -2.57.